The van der Waals surface area contributed by atoms with E-state index >= 15 is 0 Å². The molecule has 1 aliphatic rings. The number of fused-ring (bicyclic) bond motifs is 2. The molecule has 0 spiro atoms. The monoisotopic (exact) mass is 383 g/mol. The van der Waals surface area contributed by atoms with Crippen molar-refractivity contribution in [1.29, 1.82) is 0 Å². The van der Waals surface area contributed by atoms with E-state index in [1.54, 1.807) is 24.0 Å². The van der Waals surface area contributed by atoms with E-state index in [-0.39, 0.29) is 6.61 Å². The van der Waals surface area contributed by atoms with Crippen LogP contribution in [0.15, 0.2) is 37.1 Å². The number of imidazole rings is 1. The summed E-state index contributed by atoms with van der Waals surface area (Å²) in [6.07, 6.45) is 8.48. The average molecular weight is 383 g/mol. The quantitative estimate of drug-likeness (QED) is 0.576. The largest absolute Gasteiger partial charge is 0.479 e. The molecule has 0 amide bonds. The fourth-order valence-electron chi connectivity index (χ4n) is 3.42. The van der Waals surface area contributed by atoms with E-state index in [1.807, 2.05) is 29.1 Å². The second kappa shape index (κ2) is 6.71. The first kappa shape index (κ1) is 16.9. The molecule has 2 atom stereocenters. The molecule has 1 N–H and O–H groups in total. The highest BCUT2D eigenvalue weighted by Crippen LogP contribution is 2.31. The molecule has 5 heterocycles. The SMILES string of the molecule is COc1nc(N[C@@H]2CCOC[C@H]2F)nn2ccc(-c3cnc4nccn4c3)c12. The van der Waals surface area contributed by atoms with E-state index in [0.717, 1.165) is 11.1 Å². The Kier molecular flexibility index (Phi) is 4.05. The second-order valence-corrected chi connectivity index (χ2v) is 6.57. The van der Waals surface area contributed by atoms with Crippen LogP contribution in [-0.2, 0) is 4.74 Å². The first-order valence-electron chi connectivity index (χ1n) is 8.94. The van der Waals surface area contributed by atoms with Crippen LogP contribution in [0.2, 0.25) is 0 Å². The summed E-state index contributed by atoms with van der Waals surface area (Å²) in [6.45, 7) is 0.587. The van der Waals surface area contributed by atoms with Crippen molar-refractivity contribution >= 4 is 17.2 Å². The molecule has 0 aliphatic carbocycles. The highest BCUT2D eigenvalue weighted by atomic mass is 19.1. The minimum absolute atomic E-state index is 0.0778. The summed E-state index contributed by atoms with van der Waals surface area (Å²) in [7, 11) is 1.55. The van der Waals surface area contributed by atoms with Crippen LogP contribution in [0.1, 0.15) is 6.42 Å². The highest BCUT2D eigenvalue weighted by molar-refractivity contribution is 5.84. The minimum atomic E-state index is -1.10. The summed E-state index contributed by atoms with van der Waals surface area (Å²) in [5, 5.41) is 7.54. The number of aromatic nitrogens is 6. The smallest absolute Gasteiger partial charge is 0.244 e. The van der Waals surface area contributed by atoms with Crippen LogP contribution in [0.5, 0.6) is 5.88 Å². The van der Waals surface area contributed by atoms with Crippen LogP contribution in [0.4, 0.5) is 10.3 Å². The number of anilines is 1. The van der Waals surface area contributed by atoms with E-state index in [0.29, 0.717) is 36.2 Å². The third kappa shape index (κ3) is 2.82. The van der Waals surface area contributed by atoms with Gasteiger partial charge < -0.3 is 14.8 Å². The summed E-state index contributed by atoms with van der Waals surface area (Å²) in [6, 6.07) is 1.53. The van der Waals surface area contributed by atoms with Gasteiger partial charge >= 0.3 is 0 Å². The number of nitrogens with zero attached hydrogens (tertiary/aromatic N) is 6. The van der Waals surface area contributed by atoms with Gasteiger partial charge in [0.15, 0.2) is 0 Å². The summed E-state index contributed by atoms with van der Waals surface area (Å²) in [4.78, 5) is 13.0. The zero-order chi connectivity index (χ0) is 19.1. The first-order valence-corrected chi connectivity index (χ1v) is 8.94. The summed E-state index contributed by atoms with van der Waals surface area (Å²) >= 11 is 0. The average Bonchev–Trinajstić information content (AvgIpc) is 3.35. The molecule has 1 saturated heterocycles. The lowest BCUT2D eigenvalue weighted by Crippen LogP contribution is -2.39. The molecule has 0 bridgehead atoms. The molecule has 0 aromatic carbocycles. The number of ether oxygens (including phenoxy) is 2. The van der Waals surface area contributed by atoms with Gasteiger partial charge in [0.1, 0.15) is 11.7 Å². The first-order chi connectivity index (χ1) is 13.7. The van der Waals surface area contributed by atoms with Crippen LogP contribution >= 0.6 is 0 Å². The Morgan fingerprint density at radius 3 is 3.11 bits per heavy atom. The van der Waals surface area contributed by atoms with Crippen molar-refractivity contribution in [1.82, 2.24) is 29.0 Å². The predicted octanol–water partition coefficient (Wildman–Crippen LogP) is 1.99. The molecule has 0 saturated carbocycles. The Labute approximate surface area is 159 Å². The van der Waals surface area contributed by atoms with Crippen molar-refractivity contribution in [3.8, 4) is 17.0 Å². The van der Waals surface area contributed by atoms with Gasteiger partial charge in [-0.15, -0.1) is 5.10 Å². The molecule has 10 heteroatoms. The summed E-state index contributed by atoms with van der Waals surface area (Å²) < 4.78 is 28.2. The molecule has 1 fully saturated rings. The molecule has 9 nitrogen and oxygen atoms in total. The van der Waals surface area contributed by atoms with E-state index in [9.17, 15) is 4.39 Å². The maximum absolute atomic E-state index is 14.1. The van der Waals surface area contributed by atoms with E-state index in [1.165, 1.54) is 0 Å². The zero-order valence-electron chi connectivity index (χ0n) is 15.1. The number of halogens is 1. The van der Waals surface area contributed by atoms with Crippen LogP contribution in [0.25, 0.3) is 22.4 Å². The van der Waals surface area contributed by atoms with Crippen molar-refractivity contribution < 1.29 is 13.9 Å². The van der Waals surface area contributed by atoms with Gasteiger partial charge in [-0.05, 0) is 12.5 Å². The molecular formula is C18H18FN7O2. The molecule has 4 aromatic rings. The fraction of sp³-hybridized carbons (Fsp3) is 0.333. The Hall–Kier alpha value is -3.27. The third-order valence-electron chi connectivity index (χ3n) is 4.83. The normalized spacial score (nSPS) is 19.9. The Bertz CT molecular complexity index is 1140. The number of methoxy groups -OCH3 is 1. The fourth-order valence-corrected chi connectivity index (χ4v) is 3.42. The zero-order valence-corrected chi connectivity index (χ0v) is 15.1. The van der Waals surface area contributed by atoms with E-state index in [2.05, 4.69) is 25.4 Å². The van der Waals surface area contributed by atoms with E-state index < -0.39 is 12.2 Å². The molecule has 144 valence electrons. The van der Waals surface area contributed by atoms with Crippen LogP contribution in [-0.4, -0.2) is 61.5 Å². The van der Waals surface area contributed by atoms with Crippen LogP contribution < -0.4 is 10.1 Å². The minimum Gasteiger partial charge on any atom is -0.479 e. The number of hydrogen-bond donors (Lipinski definition) is 1. The summed E-state index contributed by atoms with van der Waals surface area (Å²) in [5.41, 5.74) is 2.46. The van der Waals surface area contributed by atoms with Gasteiger partial charge in [-0.25, -0.2) is 18.9 Å². The van der Waals surface area contributed by atoms with Gasteiger partial charge in [0.05, 0.1) is 19.8 Å². The van der Waals surface area contributed by atoms with Crippen molar-refractivity contribution in [3.05, 3.63) is 37.1 Å². The lowest BCUT2D eigenvalue weighted by atomic mass is 10.1. The van der Waals surface area contributed by atoms with Gasteiger partial charge in [0.2, 0.25) is 17.6 Å². The number of rotatable bonds is 4. The molecule has 1 aliphatic heterocycles. The van der Waals surface area contributed by atoms with Crippen molar-refractivity contribution in [2.24, 2.45) is 0 Å². The van der Waals surface area contributed by atoms with Crippen LogP contribution in [0, 0.1) is 0 Å². The number of nitrogens with one attached hydrogen (secondary N) is 1. The molecular weight excluding hydrogens is 365 g/mol. The molecule has 0 unspecified atom stereocenters. The van der Waals surface area contributed by atoms with Crippen LogP contribution in [0.3, 0.4) is 0 Å². The van der Waals surface area contributed by atoms with Crippen molar-refractivity contribution in [2.75, 3.05) is 25.6 Å². The van der Waals surface area contributed by atoms with E-state index in [4.69, 9.17) is 9.47 Å². The lowest BCUT2D eigenvalue weighted by molar-refractivity contribution is 0.0284. The predicted molar refractivity (Wildman–Crippen MR) is 99.3 cm³/mol. The Morgan fingerprint density at radius 2 is 2.25 bits per heavy atom. The topological polar surface area (TPSA) is 90.9 Å². The van der Waals surface area contributed by atoms with Crippen molar-refractivity contribution in [3.63, 3.8) is 0 Å². The van der Waals surface area contributed by atoms with Gasteiger partial charge in [0.25, 0.3) is 0 Å². The number of hydrogen-bond acceptors (Lipinski definition) is 7. The van der Waals surface area contributed by atoms with Gasteiger partial charge in [-0.3, -0.25) is 4.40 Å². The molecule has 28 heavy (non-hydrogen) atoms. The molecule has 5 rings (SSSR count). The Morgan fingerprint density at radius 1 is 1.32 bits per heavy atom. The van der Waals surface area contributed by atoms with Crippen molar-refractivity contribution in [2.45, 2.75) is 18.6 Å². The third-order valence-corrected chi connectivity index (χ3v) is 4.83. The molecule has 0 radical (unpaired) electrons. The molecule has 4 aromatic heterocycles. The summed E-state index contributed by atoms with van der Waals surface area (Å²) in [5.74, 6) is 1.33. The van der Waals surface area contributed by atoms with Gasteiger partial charge in [-0.1, -0.05) is 0 Å². The second-order valence-electron chi connectivity index (χ2n) is 6.57. The standard InChI is InChI=1S/C18H18FN7O2/c1-27-16-15-12(11-8-21-18-20-4-6-25(18)9-11)2-5-26(15)24-17(23-16)22-14-3-7-28-10-13(14)19/h2,4-6,8-9,13-14H,3,7,10H2,1H3,(H,22,24)/t13-,14-/m1/s1. The Balaban J connectivity index is 1.55. The highest BCUT2D eigenvalue weighted by Gasteiger charge is 2.26. The van der Waals surface area contributed by atoms with Gasteiger partial charge in [-0.2, -0.15) is 4.98 Å². The lowest BCUT2D eigenvalue weighted by Gasteiger charge is -2.26. The maximum Gasteiger partial charge on any atom is 0.244 e. The van der Waals surface area contributed by atoms with Gasteiger partial charge in [0, 0.05) is 48.7 Å². The maximum atomic E-state index is 14.1. The number of alkyl halides is 1.